The summed E-state index contributed by atoms with van der Waals surface area (Å²) in [4.78, 5) is 12.8. The Bertz CT molecular complexity index is 564. The van der Waals surface area contributed by atoms with Crippen molar-refractivity contribution in [3.05, 3.63) is 28.2 Å². The maximum absolute atomic E-state index is 12.8. The summed E-state index contributed by atoms with van der Waals surface area (Å²) in [6, 6.07) is 6.13. The summed E-state index contributed by atoms with van der Waals surface area (Å²) >= 11 is 3.53. The number of fused-ring (bicyclic) bond motifs is 2. The maximum atomic E-state index is 12.8. The molecular weight excluding hydrogens is 356 g/mol. The van der Waals surface area contributed by atoms with Crippen molar-refractivity contribution in [3.8, 4) is 0 Å². The number of amides is 1. The number of carbonyl (C=O) groups is 1. The van der Waals surface area contributed by atoms with Gasteiger partial charge in [-0.25, -0.2) is 0 Å². The second-order valence-corrected chi connectivity index (χ2v) is 7.74. The van der Waals surface area contributed by atoms with Crippen LogP contribution >= 0.6 is 15.9 Å². The maximum Gasteiger partial charge on any atom is 0.227 e. The van der Waals surface area contributed by atoms with Crippen molar-refractivity contribution in [1.82, 2.24) is 0 Å². The summed E-state index contributed by atoms with van der Waals surface area (Å²) in [6.45, 7) is 0.470. The Morgan fingerprint density at radius 1 is 1.35 bits per heavy atom. The van der Waals surface area contributed by atoms with E-state index in [4.69, 9.17) is 10.5 Å². The molecule has 5 heteroatoms. The molecule has 2 fully saturated rings. The second-order valence-electron chi connectivity index (χ2n) is 6.88. The van der Waals surface area contributed by atoms with Crippen LogP contribution in [0.5, 0.6) is 0 Å². The predicted molar refractivity (Wildman–Crippen MR) is 95.0 cm³/mol. The summed E-state index contributed by atoms with van der Waals surface area (Å²) in [6.07, 6.45) is 5.47. The van der Waals surface area contributed by atoms with Gasteiger partial charge in [-0.05, 0) is 49.7 Å². The highest BCUT2D eigenvalue weighted by molar-refractivity contribution is 9.10. The molecule has 0 saturated heterocycles. The third-order valence-electron chi connectivity index (χ3n) is 5.45. The molecule has 23 heavy (non-hydrogen) atoms. The molecule has 2 atom stereocenters. The number of carbonyl (C=O) groups excluding carboxylic acids is 1. The van der Waals surface area contributed by atoms with Crippen molar-refractivity contribution in [2.45, 2.75) is 44.8 Å². The van der Waals surface area contributed by atoms with Gasteiger partial charge in [0, 0.05) is 34.8 Å². The van der Waals surface area contributed by atoms with Gasteiger partial charge in [0.15, 0.2) is 0 Å². The Morgan fingerprint density at radius 3 is 2.70 bits per heavy atom. The molecule has 0 aromatic heterocycles. The molecule has 4 nitrogen and oxygen atoms in total. The fraction of sp³-hybridized carbons (Fsp3) is 0.611. The van der Waals surface area contributed by atoms with Crippen molar-refractivity contribution >= 4 is 27.5 Å². The summed E-state index contributed by atoms with van der Waals surface area (Å²) in [7, 11) is 1.66. The molecule has 0 heterocycles. The molecule has 0 radical (unpaired) electrons. The van der Waals surface area contributed by atoms with Crippen LogP contribution in [0.1, 0.15) is 37.7 Å². The normalized spacial score (nSPS) is 30.0. The Balaban J connectivity index is 1.71. The number of anilines is 1. The third kappa shape index (κ3) is 3.62. The van der Waals surface area contributed by atoms with Crippen LogP contribution < -0.4 is 11.1 Å². The van der Waals surface area contributed by atoms with Gasteiger partial charge in [0.2, 0.25) is 5.91 Å². The first-order valence-corrected chi connectivity index (χ1v) is 9.22. The molecule has 1 aromatic carbocycles. The van der Waals surface area contributed by atoms with Gasteiger partial charge in [0.1, 0.15) is 0 Å². The van der Waals surface area contributed by atoms with Gasteiger partial charge in [0.25, 0.3) is 0 Å². The minimum atomic E-state index is 0.0828. The molecule has 3 rings (SSSR count). The van der Waals surface area contributed by atoms with Gasteiger partial charge in [-0.2, -0.15) is 0 Å². The lowest BCUT2D eigenvalue weighted by Crippen LogP contribution is -2.48. The lowest BCUT2D eigenvalue weighted by Gasteiger charge is -2.43. The standard InChI is InChI=1S/C18H25BrN2O2/c1-23-10-14-15(19)6-3-7-16(14)21-18(22)13-8-11-4-2-5-12(9-13)17(11)20/h3,6-7,11-13,17H,2,4-5,8-10,20H2,1H3,(H,21,22). The monoisotopic (exact) mass is 380 g/mol. The number of nitrogens with two attached hydrogens (primary N) is 1. The molecule has 2 aliphatic rings. The van der Waals surface area contributed by atoms with E-state index in [9.17, 15) is 4.79 Å². The van der Waals surface area contributed by atoms with Crippen LogP contribution in [0.25, 0.3) is 0 Å². The van der Waals surface area contributed by atoms with E-state index in [0.717, 1.165) is 28.6 Å². The number of nitrogens with one attached hydrogen (secondary N) is 1. The van der Waals surface area contributed by atoms with Crippen molar-refractivity contribution in [3.63, 3.8) is 0 Å². The molecule has 0 aliphatic heterocycles. The number of hydrogen-bond acceptors (Lipinski definition) is 3. The Kier molecular flexibility index (Phi) is 5.39. The van der Waals surface area contributed by atoms with Crippen molar-refractivity contribution in [1.29, 1.82) is 0 Å². The van der Waals surface area contributed by atoms with Crippen molar-refractivity contribution in [2.24, 2.45) is 23.5 Å². The SMILES string of the molecule is COCc1c(Br)cccc1NC(=O)C1CC2CCCC(C1)C2N. The lowest BCUT2D eigenvalue weighted by atomic mass is 9.65. The van der Waals surface area contributed by atoms with E-state index in [1.807, 2.05) is 18.2 Å². The van der Waals surface area contributed by atoms with E-state index in [2.05, 4.69) is 21.2 Å². The molecule has 2 unspecified atom stereocenters. The fourth-order valence-electron chi connectivity index (χ4n) is 4.20. The molecule has 1 amide bonds. The van der Waals surface area contributed by atoms with Gasteiger partial charge in [-0.3, -0.25) is 4.79 Å². The first-order chi connectivity index (χ1) is 11.1. The first-order valence-electron chi connectivity index (χ1n) is 8.43. The zero-order valence-corrected chi connectivity index (χ0v) is 15.1. The second kappa shape index (κ2) is 7.32. The summed E-state index contributed by atoms with van der Waals surface area (Å²) in [5, 5.41) is 3.12. The van der Waals surface area contributed by atoms with E-state index >= 15 is 0 Å². The third-order valence-corrected chi connectivity index (χ3v) is 6.19. The van der Waals surface area contributed by atoms with Crippen LogP contribution in [0.2, 0.25) is 0 Å². The molecule has 2 saturated carbocycles. The molecular formula is C18H25BrN2O2. The molecule has 2 bridgehead atoms. The first kappa shape index (κ1) is 16.9. The van der Waals surface area contributed by atoms with E-state index in [1.165, 1.54) is 19.3 Å². The van der Waals surface area contributed by atoms with Gasteiger partial charge < -0.3 is 15.8 Å². The summed E-state index contributed by atoms with van der Waals surface area (Å²) in [5.41, 5.74) is 8.15. The molecule has 2 aliphatic carbocycles. The van der Waals surface area contributed by atoms with Crippen LogP contribution in [0.15, 0.2) is 22.7 Å². The largest absolute Gasteiger partial charge is 0.380 e. The van der Waals surface area contributed by atoms with Crippen LogP contribution in [-0.4, -0.2) is 19.1 Å². The Hall–Kier alpha value is -0.910. The van der Waals surface area contributed by atoms with Crippen molar-refractivity contribution in [2.75, 3.05) is 12.4 Å². The molecule has 0 spiro atoms. The fourth-order valence-corrected chi connectivity index (χ4v) is 4.69. The number of hydrogen-bond donors (Lipinski definition) is 2. The van der Waals surface area contributed by atoms with Gasteiger partial charge in [-0.15, -0.1) is 0 Å². The molecule has 126 valence electrons. The number of rotatable bonds is 4. The smallest absolute Gasteiger partial charge is 0.227 e. The predicted octanol–water partition coefficient (Wildman–Crippen LogP) is 3.69. The van der Waals surface area contributed by atoms with E-state index in [1.54, 1.807) is 7.11 Å². The number of halogens is 1. The highest BCUT2D eigenvalue weighted by Crippen LogP contribution is 2.42. The van der Waals surface area contributed by atoms with Crippen molar-refractivity contribution < 1.29 is 9.53 Å². The van der Waals surface area contributed by atoms with E-state index in [-0.39, 0.29) is 11.8 Å². The average molecular weight is 381 g/mol. The number of ether oxygens (including phenoxy) is 1. The topological polar surface area (TPSA) is 64.3 Å². The highest BCUT2D eigenvalue weighted by Gasteiger charge is 2.40. The van der Waals surface area contributed by atoms with Crippen LogP contribution in [-0.2, 0) is 16.1 Å². The quantitative estimate of drug-likeness (QED) is 0.836. The lowest BCUT2D eigenvalue weighted by molar-refractivity contribution is -0.122. The van der Waals surface area contributed by atoms with E-state index in [0.29, 0.717) is 24.5 Å². The minimum Gasteiger partial charge on any atom is -0.380 e. The zero-order valence-electron chi connectivity index (χ0n) is 13.6. The Labute approximate surface area is 146 Å². The highest BCUT2D eigenvalue weighted by atomic mass is 79.9. The Morgan fingerprint density at radius 2 is 2.04 bits per heavy atom. The van der Waals surface area contributed by atoms with Crippen LogP contribution in [0.4, 0.5) is 5.69 Å². The molecule has 1 aromatic rings. The van der Waals surface area contributed by atoms with Gasteiger partial charge in [0.05, 0.1) is 6.61 Å². The number of methoxy groups -OCH3 is 1. The van der Waals surface area contributed by atoms with Crippen LogP contribution in [0, 0.1) is 17.8 Å². The molecule has 3 N–H and O–H groups in total. The number of benzene rings is 1. The summed E-state index contributed by atoms with van der Waals surface area (Å²) in [5.74, 6) is 1.24. The zero-order chi connectivity index (χ0) is 16.4. The van der Waals surface area contributed by atoms with Crippen LogP contribution in [0.3, 0.4) is 0 Å². The summed E-state index contributed by atoms with van der Waals surface area (Å²) < 4.78 is 6.21. The van der Waals surface area contributed by atoms with E-state index < -0.39 is 0 Å². The van der Waals surface area contributed by atoms with Gasteiger partial charge >= 0.3 is 0 Å². The van der Waals surface area contributed by atoms with Gasteiger partial charge in [-0.1, -0.05) is 28.4 Å². The average Bonchev–Trinajstić information content (AvgIpc) is 2.50. The minimum absolute atomic E-state index is 0.0828.